The molecule has 0 nitrogen and oxygen atoms in total. The zero-order valence-electron chi connectivity index (χ0n) is 7.83. The van der Waals surface area contributed by atoms with E-state index in [4.69, 9.17) is 0 Å². The normalized spacial score (nSPS) is 15.0. The quantitative estimate of drug-likeness (QED) is 0.647. The average Bonchev–Trinajstić information content (AvgIpc) is 2.14. The van der Waals surface area contributed by atoms with E-state index in [0.29, 0.717) is 0 Å². The summed E-state index contributed by atoms with van der Waals surface area (Å²) < 4.78 is 0. The van der Waals surface area contributed by atoms with E-state index in [2.05, 4.69) is 32.6 Å². The van der Waals surface area contributed by atoms with Crippen molar-refractivity contribution in [2.75, 3.05) is 0 Å². The van der Waals surface area contributed by atoms with E-state index in [1.54, 1.807) is 0 Å². The zero-order valence-corrected chi connectivity index (χ0v) is 10.1. The average molecular weight is 333 g/mol. The Morgan fingerprint density at radius 3 is 1.55 bits per heavy atom. The Kier molecular flexibility index (Phi) is 27.3. The fourth-order valence-electron chi connectivity index (χ4n) is 0.650. The Labute approximate surface area is 88.4 Å². The van der Waals surface area contributed by atoms with E-state index in [1.165, 1.54) is 5.92 Å². The van der Waals surface area contributed by atoms with Gasteiger partial charge in [0.15, 0.2) is 0 Å². The Balaban J connectivity index is -0.0000000612. The maximum absolute atomic E-state index is 2.16. The summed E-state index contributed by atoms with van der Waals surface area (Å²) in [5.74, 6) is 1.43. The summed E-state index contributed by atoms with van der Waals surface area (Å²) >= 11 is 0. The van der Waals surface area contributed by atoms with Crippen molar-refractivity contribution in [1.29, 1.82) is 0 Å². The van der Waals surface area contributed by atoms with Gasteiger partial charge in [-0.15, -0.1) is 0 Å². The van der Waals surface area contributed by atoms with Crippen molar-refractivity contribution < 1.29 is 21.1 Å². The van der Waals surface area contributed by atoms with Crippen LogP contribution in [-0.4, -0.2) is 0 Å². The van der Waals surface area contributed by atoms with Crippen molar-refractivity contribution in [3.63, 3.8) is 0 Å². The van der Waals surface area contributed by atoms with Gasteiger partial charge >= 0.3 is 21.1 Å². The van der Waals surface area contributed by atoms with Crippen molar-refractivity contribution in [1.82, 2.24) is 0 Å². The first-order valence-electron chi connectivity index (χ1n) is 2.64. The van der Waals surface area contributed by atoms with Gasteiger partial charge in [0, 0.05) is 0 Å². The zero-order chi connectivity index (χ0) is 5.11. The molecule has 0 unspecified atom stereocenters. The molecule has 67 valence electrons. The molecule has 1 saturated carbocycles. The molecule has 1 aliphatic carbocycles. The molecule has 0 heterocycles. The second-order valence-corrected chi connectivity index (χ2v) is 1.65. The van der Waals surface area contributed by atoms with Crippen molar-refractivity contribution in [3.05, 3.63) is 53.9 Å². The van der Waals surface area contributed by atoms with Crippen molar-refractivity contribution in [2.24, 2.45) is 0 Å². The minimum absolute atomic E-state index is 0. The summed E-state index contributed by atoms with van der Waals surface area (Å²) in [5.41, 5.74) is 0. The molecule has 0 aromatic heterocycles. The molecule has 0 spiro atoms. The topological polar surface area (TPSA) is 0 Å². The van der Waals surface area contributed by atoms with Crippen LogP contribution in [-0.2, 0) is 21.1 Å². The van der Waals surface area contributed by atoms with E-state index in [-0.39, 0.29) is 43.3 Å². The fraction of sp³-hybridized carbons (Fsp3) is 0.200. The summed E-state index contributed by atoms with van der Waals surface area (Å²) in [4.78, 5) is 0. The Morgan fingerprint density at radius 2 is 1.36 bits per heavy atom. The molecule has 0 aromatic carbocycles. The smallest absolute Gasteiger partial charge is 0.358 e. The van der Waals surface area contributed by atoms with Gasteiger partial charge in [0.1, 0.15) is 0 Å². The third kappa shape index (κ3) is 8.60. The van der Waals surface area contributed by atoms with Crippen LogP contribution < -0.4 is 0 Å². The van der Waals surface area contributed by atoms with Crippen LogP contribution >= 0.6 is 0 Å². The molecule has 0 aromatic rings. The van der Waals surface area contributed by atoms with Crippen LogP contribution in [0.15, 0.2) is 0 Å². The maximum atomic E-state index is 2.16. The predicted molar refractivity (Wildman–Crippen MR) is 50.0 cm³/mol. The molecular formula is C10H18Pt+. The summed E-state index contributed by atoms with van der Waals surface area (Å²) in [6.45, 7) is 2.16. The third-order valence-corrected chi connectivity index (χ3v) is 1.14. The third-order valence-electron chi connectivity index (χ3n) is 1.14. The van der Waals surface area contributed by atoms with E-state index in [1.807, 2.05) is 0 Å². The van der Waals surface area contributed by atoms with E-state index in [0.717, 1.165) is 6.42 Å². The molecule has 0 saturated heterocycles. The van der Waals surface area contributed by atoms with Gasteiger partial charge in [-0.05, 0) is 38.0 Å². The number of hydrogen-bond donors (Lipinski definition) is 0. The van der Waals surface area contributed by atoms with Gasteiger partial charge in [-0.2, -0.15) is 0 Å². The summed E-state index contributed by atoms with van der Waals surface area (Å²) in [5, 5.41) is 0. The van der Waals surface area contributed by atoms with E-state index >= 15 is 0 Å². The van der Waals surface area contributed by atoms with Crippen LogP contribution in [0.3, 0.4) is 0 Å². The van der Waals surface area contributed by atoms with Crippen molar-refractivity contribution >= 4 is 0 Å². The largest absolute Gasteiger partial charge is 4.00 e. The van der Waals surface area contributed by atoms with Gasteiger partial charge in [0.2, 0.25) is 0 Å². The van der Waals surface area contributed by atoms with Gasteiger partial charge < -0.3 is 22.3 Å². The van der Waals surface area contributed by atoms with Crippen LogP contribution in [0, 0.1) is 53.9 Å². The van der Waals surface area contributed by atoms with Crippen LogP contribution in [0.4, 0.5) is 0 Å². The van der Waals surface area contributed by atoms with Gasteiger partial charge in [-0.25, -0.2) is 0 Å². The van der Waals surface area contributed by atoms with Crippen LogP contribution in [0.5, 0.6) is 0 Å². The van der Waals surface area contributed by atoms with E-state index < -0.39 is 0 Å². The van der Waals surface area contributed by atoms with E-state index in [9.17, 15) is 0 Å². The summed E-state index contributed by atoms with van der Waals surface area (Å²) in [7, 11) is 0. The summed E-state index contributed by atoms with van der Waals surface area (Å²) in [6, 6.07) is 0. The van der Waals surface area contributed by atoms with Crippen LogP contribution in [0.2, 0.25) is 0 Å². The maximum Gasteiger partial charge on any atom is 4.00 e. The first-order valence-corrected chi connectivity index (χ1v) is 2.64. The Bertz CT molecular complexity index is 46.8. The second kappa shape index (κ2) is 13.3. The van der Waals surface area contributed by atoms with Gasteiger partial charge in [0.05, 0.1) is 0 Å². The monoisotopic (exact) mass is 333 g/mol. The first kappa shape index (κ1) is 22.6. The molecule has 0 aliphatic heterocycles. The SMILES string of the molecule is CC[C]1[CH][CH][CH][CH]1.[CH3-].[CH3-].[CH3-].[Pt+4]. The fourth-order valence-corrected chi connectivity index (χ4v) is 0.650. The summed E-state index contributed by atoms with van der Waals surface area (Å²) in [6.07, 6.45) is 9.57. The number of rotatable bonds is 1. The van der Waals surface area contributed by atoms with Gasteiger partial charge in [-0.1, -0.05) is 6.92 Å². The van der Waals surface area contributed by atoms with Crippen molar-refractivity contribution in [3.8, 4) is 0 Å². The Morgan fingerprint density at radius 1 is 1.00 bits per heavy atom. The predicted octanol–water partition coefficient (Wildman–Crippen LogP) is 3.15. The molecule has 0 bridgehead atoms. The van der Waals surface area contributed by atoms with Crippen LogP contribution in [0.1, 0.15) is 13.3 Å². The van der Waals surface area contributed by atoms with Crippen LogP contribution in [0.25, 0.3) is 0 Å². The molecule has 1 aliphatic rings. The Hall–Kier alpha value is 0.688. The molecule has 1 rings (SSSR count). The molecule has 11 heavy (non-hydrogen) atoms. The molecule has 0 N–H and O–H groups in total. The van der Waals surface area contributed by atoms with Gasteiger partial charge in [-0.3, -0.25) is 0 Å². The molecule has 0 amide bonds. The number of hydrogen-bond acceptors (Lipinski definition) is 0. The molecule has 1 heteroatoms. The van der Waals surface area contributed by atoms with Crippen molar-refractivity contribution in [2.45, 2.75) is 13.3 Å². The standard InChI is InChI=1S/C7H9.3CH3.Pt/c1-2-7-5-3-4-6-7;;;;/h3-6H,2H2,1H3;3*1H3;/q;3*-1;+4. The minimum Gasteiger partial charge on any atom is -0.358 e. The molecule has 1 fully saturated rings. The molecular weight excluding hydrogens is 315 g/mol. The minimum atomic E-state index is 0. The second-order valence-electron chi connectivity index (χ2n) is 1.65. The van der Waals surface area contributed by atoms with Gasteiger partial charge in [0.25, 0.3) is 0 Å². The molecule has 5 radical (unpaired) electrons. The molecule has 0 atom stereocenters. The first-order chi connectivity index (χ1) is 3.43.